The third-order valence-electron chi connectivity index (χ3n) is 4.75. The van der Waals surface area contributed by atoms with E-state index in [-0.39, 0.29) is 0 Å². The largest absolute Gasteiger partial charge is 0.356 e. The third kappa shape index (κ3) is 3.23. The van der Waals surface area contributed by atoms with E-state index in [4.69, 9.17) is 0 Å². The fourth-order valence-corrected chi connectivity index (χ4v) is 3.34. The van der Waals surface area contributed by atoms with E-state index in [1.54, 1.807) is 6.20 Å². The van der Waals surface area contributed by atoms with Crippen molar-refractivity contribution >= 4 is 22.3 Å². The van der Waals surface area contributed by atoms with Gasteiger partial charge in [-0.15, -0.1) is 0 Å². The van der Waals surface area contributed by atoms with Crippen LogP contribution in [0.5, 0.6) is 0 Å². The molecule has 0 aliphatic rings. The van der Waals surface area contributed by atoms with Crippen LogP contribution < -0.4 is 5.32 Å². The molecule has 3 aromatic carbocycles. The minimum Gasteiger partial charge on any atom is -0.356 e. The summed E-state index contributed by atoms with van der Waals surface area (Å²) in [4.78, 5) is 3.49. The van der Waals surface area contributed by atoms with E-state index in [0.29, 0.717) is 0 Å². The fraction of sp³-hybridized carbons (Fsp3) is 0. The number of aromatic nitrogens is 3. The first kappa shape index (κ1) is 16.3. The van der Waals surface area contributed by atoms with Crippen LogP contribution in [0.15, 0.2) is 97.2 Å². The molecule has 0 aliphatic heterocycles. The van der Waals surface area contributed by atoms with Crippen LogP contribution in [0.25, 0.3) is 33.4 Å². The molecule has 134 valence electrons. The second-order valence-electron chi connectivity index (χ2n) is 6.66. The molecule has 0 atom stereocenters. The Morgan fingerprint density at radius 2 is 1.57 bits per heavy atom. The van der Waals surface area contributed by atoms with Gasteiger partial charge in [-0.25, -0.2) is 0 Å². The van der Waals surface area contributed by atoms with Crippen molar-refractivity contribution in [3.63, 3.8) is 0 Å². The molecule has 0 fully saturated rings. The van der Waals surface area contributed by atoms with Crippen LogP contribution in [0.4, 0.5) is 11.4 Å². The number of hydrogen-bond acceptors (Lipinski definition) is 3. The molecule has 2 N–H and O–H groups in total. The quantitative estimate of drug-likeness (QED) is 0.410. The van der Waals surface area contributed by atoms with Crippen LogP contribution in [0.1, 0.15) is 0 Å². The second-order valence-corrected chi connectivity index (χ2v) is 6.66. The van der Waals surface area contributed by atoms with Gasteiger partial charge in [0.2, 0.25) is 0 Å². The monoisotopic (exact) mass is 362 g/mol. The average molecular weight is 362 g/mol. The minimum atomic E-state index is 0.870. The Labute approximate surface area is 162 Å². The van der Waals surface area contributed by atoms with Crippen molar-refractivity contribution in [3.05, 3.63) is 97.2 Å². The number of aromatic amines is 1. The normalized spacial score (nSPS) is 10.9. The Morgan fingerprint density at radius 1 is 0.679 bits per heavy atom. The van der Waals surface area contributed by atoms with Crippen LogP contribution >= 0.6 is 0 Å². The summed E-state index contributed by atoms with van der Waals surface area (Å²) < 4.78 is 0. The molecule has 0 unspecified atom stereocenters. The number of nitrogens with one attached hydrogen (secondary N) is 2. The van der Waals surface area contributed by atoms with E-state index in [1.807, 2.05) is 30.3 Å². The lowest BCUT2D eigenvalue weighted by Gasteiger charge is -2.09. The number of nitrogens with zero attached hydrogens (tertiary/aromatic N) is 2. The van der Waals surface area contributed by atoms with Gasteiger partial charge in [0.15, 0.2) is 0 Å². The topological polar surface area (TPSA) is 53.6 Å². The predicted molar refractivity (Wildman–Crippen MR) is 114 cm³/mol. The summed E-state index contributed by atoms with van der Waals surface area (Å²) in [5.41, 5.74) is 7.40. The van der Waals surface area contributed by atoms with Gasteiger partial charge < -0.3 is 10.3 Å². The maximum atomic E-state index is 4.15. The highest BCUT2D eigenvalue weighted by molar-refractivity contribution is 5.86. The second kappa shape index (κ2) is 7.00. The summed E-state index contributed by atoms with van der Waals surface area (Å²) in [6.07, 6.45) is 1.68. The average Bonchev–Trinajstić information content (AvgIpc) is 3.20. The summed E-state index contributed by atoms with van der Waals surface area (Å²) in [6.45, 7) is 0. The molecule has 2 aromatic heterocycles. The highest BCUT2D eigenvalue weighted by Crippen LogP contribution is 2.28. The molecule has 28 heavy (non-hydrogen) atoms. The number of para-hydroxylation sites is 1. The van der Waals surface area contributed by atoms with Gasteiger partial charge >= 0.3 is 0 Å². The molecule has 0 spiro atoms. The molecule has 0 radical (unpaired) electrons. The van der Waals surface area contributed by atoms with Gasteiger partial charge in [-0.05, 0) is 48.5 Å². The lowest BCUT2D eigenvalue weighted by atomic mass is 10.1. The maximum Gasteiger partial charge on any atom is 0.0929 e. The van der Waals surface area contributed by atoms with Gasteiger partial charge in [-0.1, -0.05) is 42.5 Å². The van der Waals surface area contributed by atoms with E-state index in [0.717, 1.165) is 39.4 Å². The van der Waals surface area contributed by atoms with Gasteiger partial charge in [0, 0.05) is 45.3 Å². The van der Waals surface area contributed by atoms with E-state index in [1.165, 1.54) is 5.39 Å². The van der Waals surface area contributed by atoms with Crippen LogP contribution in [0, 0.1) is 0 Å². The number of H-pyrrole nitrogens is 1. The van der Waals surface area contributed by atoms with Gasteiger partial charge in [0.05, 0.1) is 5.69 Å². The van der Waals surface area contributed by atoms with E-state index in [2.05, 4.69) is 81.2 Å². The number of benzene rings is 3. The van der Waals surface area contributed by atoms with Crippen molar-refractivity contribution in [2.45, 2.75) is 0 Å². The molecule has 4 heteroatoms. The van der Waals surface area contributed by atoms with Crippen molar-refractivity contribution in [3.8, 4) is 22.5 Å². The first-order chi connectivity index (χ1) is 13.8. The zero-order chi connectivity index (χ0) is 18.8. The van der Waals surface area contributed by atoms with Crippen LogP contribution in [0.2, 0.25) is 0 Å². The lowest BCUT2D eigenvalue weighted by Crippen LogP contribution is -1.91. The Hall–Kier alpha value is -3.92. The smallest absolute Gasteiger partial charge is 0.0929 e. The third-order valence-corrected chi connectivity index (χ3v) is 4.75. The molecule has 0 bridgehead atoms. The first-order valence-electron chi connectivity index (χ1n) is 9.18. The number of fused-ring (bicyclic) bond motifs is 1. The van der Waals surface area contributed by atoms with Crippen molar-refractivity contribution in [1.82, 2.24) is 15.2 Å². The van der Waals surface area contributed by atoms with Crippen molar-refractivity contribution in [2.24, 2.45) is 0 Å². The molecule has 0 saturated carbocycles. The van der Waals surface area contributed by atoms with Crippen LogP contribution in [0.3, 0.4) is 0 Å². The number of hydrogen-bond donors (Lipinski definition) is 2. The van der Waals surface area contributed by atoms with E-state index < -0.39 is 0 Å². The Bertz CT molecular complexity index is 1190. The zero-order valence-electron chi connectivity index (χ0n) is 15.1. The molecule has 5 rings (SSSR count). The molecular formula is C24H18N4. The molecule has 0 saturated heterocycles. The number of anilines is 2. The molecule has 2 heterocycles. The maximum absolute atomic E-state index is 4.15. The zero-order valence-corrected chi connectivity index (χ0v) is 15.1. The van der Waals surface area contributed by atoms with Crippen molar-refractivity contribution < 1.29 is 0 Å². The van der Waals surface area contributed by atoms with Crippen LogP contribution in [-0.2, 0) is 0 Å². The standard InChI is InChI=1S/C24H18N4/c1-2-8-22-19(5-1)16-24(27-22)18-6-3-7-21(15-18)26-20-12-10-17(11-13-20)23-9-4-14-25-28-23/h1-16,26-27H. The Balaban J connectivity index is 1.39. The molecular weight excluding hydrogens is 344 g/mol. The van der Waals surface area contributed by atoms with Gasteiger partial charge in [0.1, 0.15) is 0 Å². The van der Waals surface area contributed by atoms with E-state index >= 15 is 0 Å². The molecule has 0 amide bonds. The molecule has 5 aromatic rings. The van der Waals surface area contributed by atoms with Gasteiger partial charge in [-0.3, -0.25) is 0 Å². The fourth-order valence-electron chi connectivity index (χ4n) is 3.34. The summed E-state index contributed by atoms with van der Waals surface area (Å²) in [6, 6.07) is 31.0. The van der Waals surface area contributed by atoms with Gasteiger partial charge in [-0.2, -0.15) is 10.2 Å². The first-order valence-corrected chi connectivity index (χ1v) is 9.18. The van der Waals surface area contributed by atoms with Crippen molar-refractivity contribution in [1.29, 1.82) is 0 Å². The SMILES string of the molecule is c1cc(Nc2ccc(-c3cccnn3)cc2)cc(-c2cc3ccccc3[nH]2)c1. The summed E-state index contributed by atoms with van der Waals surface area (Å²) >= 11 is 0. The van der Waals surface area contributed by atoms with E-state index in [9.17, 15) is 0 Å². The van der Waals surface area contributed by atoms with Crippen molar-refractivity contribution in [2.75, 3.05) is 5.32 Å². The van der Waals surface area contributed by atoms with Gasteiger partial charge in [0.25, 0.3) is 0 Å². The summed E-state index contributed by atoms with van der Waals surface area (Å²) in [7, 11) is 0. The van der Waals surface area contributed by atoms with Crippen LogP contribution in [-0.4, -0.2) is 15.2 Å². The highest BCUT2D eigenvalue weighted by atomic mass is 15.1. The number of rotatable bonds is 4. The minimum absolute atomic E-state index is 0.870. The summed E-state index contributed by atoms with van der Waals surface area (Å²) in [5, 5.41) is 12.8. The molecule has 4 nitrogen and oxygen atoms in total. The molecule has 0 aliphatic carbocycles. The Morgan fingerprint density at radius 3 is 2.39 bits per heavy atom. The Kier molecular flexibility index (Phi) is 4.07. The lowest BCUT2D eigenvalue weighted by molar-refractivity contribution is 1.04. The highest BCUT2D eigenvalue weighted by Gasteiger charge is 2.05. The predicted octanol–water partition coefficient (Wildman–Crippen LogP) is 6.04. The summed E-state index contributed by atoms with van der Waals surface area (Å²) in [5.74, 6) is 0.